The zero-order valence-corrected chi connectivity index (χ0v) is 25.6. The van der Waals surface area contributed by atoms with E-state index in [9.17, 15) is 38.7 Å². The van der Waals surface area contributed by atoms with Gasteiger partial charge in [0.15, 0.2) is 5.96 Å². The van der Waals surface area contributed by atoms with Gasteiger partial charge in [0.05, 0.1) is 12.1 Å². The van der Waals surface area contributed by atoms with E-state index in [4.69, 9.17) is 32.8 Å². The molecule has 0 aliphatic heterocycles. The number of nitrogens with two attached hydrogens (primary N) is 3. The fourth-order valence-electron chi connectivity index (χ4n) is 3.94. The number of primary amides is 1. The molecule has 19 heteroatoms. The summed E-state index contributed by atoms with van der Waals surface area (Å²) in [7, 11) is 0. The highest BCUT2D eigenvalue weighted by atomic mass is 16.4. The minimum Gasteiger partial charge on any atom is -0.481 e. The van der Waals surface area contributed by atoms with E-state index >= 15 is 0 Å². The monoisotopic (exact) mass is 645 g/mol. The van der Waals surface area contributed by atoms with Crippen molar-refractivity contribution in [1.29, 1.82) is 5.41 Å². The summed E-state index contributed by atoms with van der Waals surface area (Å²) in [5.74, 6) is -7.45. The minimum absolute atomic E-state index is 0.00305. The Bertz CT molecular complexity index is 1070. The fourth-order valence-corrected chi connectivity index (χ4v) is 3.94. The van der Waals surface area contributed by atoms with Crippen molar-refractivity contribution in [3.63, 3.8) is 0 Å². The van der Waals surface area contributed by atoms with Crippen molar-refractivity contribution in [3.05, 3.63) is 0 Å². The van der Waals surface area contributed by atoms with Gasteiger partial charge in [-0.2, -0.15) is 0 Å². The van der Waals surface area contributed by atoms with Crippen molar-refractivity contribution in [3.8, 4) is 0 Å². The zero-order chi connectivity index (χ0) is 34.9. The van der Waals surface area contributed by atoms with Crippen molar-refractivity contribution in [2.75, 3.05) is 6.54 Å². The molecule has 0 aromatic heterocycles. The topological polar surface area (TPSA) is 342 Å². The molecule has 0 fully saturated rings. The summed E-state index contributed by atoms with van der Waals surface area (Å²) in [6, 6.07) is -6.80. The molecule has 0 spiro atoms. The van der Waals surface area contributed by atoms with E-state index in [2.05, 4.69) is 26.6 Å². The number of guanidine groups is 1. The summed E-state index contributed by atoms with van der Waals surface area (Å²) in [6.07, 6.45) is -2.62. The molecule has 0 bridgehead atoms. The van der Waals surface area contributed by atoms with Crippen molar-refractivity contribution < 1.29 is 48.9 Å². The van der Waals surface area contributed by atoms with Gasteiger partial charge >= 0.3 is 11.9 Å². The number of aliphatic hydroxyl groups is 1. The summed E-state index contributed by atoms with van der Waals surface area (Å²) in [5.41, 5.74) is 16.3. The number of aliphatic hydroxyl groups excluding tert-OH is 1. The van der Waals surface area contributed by atoms with Crippen molar-refractivity contribution in [2.45, 2.75) is 102 Å². The smallest absolute Gasteiger partial charge is 0.303 e. The normalized spacial score (nSPS) is 14.9. The van der Waals surface area contributed by atoms with Gasteiger partial charge in [-0.15, -0.1) is 0 Å². The summed E-state index contributed by atoms with van der Waals surface area (Å²) in [6.45, 7) is 4.85. The molecule has 15 N–H and O–H groups in total. The SMILES string of the molecule is CC(C)C[C@H](NC(=O)[C@H](CCCNC(=N)N)NC(=O)[C@@H](N)CCC(=O)O)C(=O)N[C@H](C(=O)N[C@@H](CCC(=O)O)C(N)=O)[C@@H](C)O. The molecule has 0 unspecified atom stereocenters. The fraction of sp³-hybridized carbons (Fsp3) is 0.692. The van der Waals surface area contributed by atoms with E-state index < -0.39 is 84.2 Å². The van der Waals surface area contributed by atoms with E-state index in [0.717, 1.165) is 0 Å². The lowest BCUT2D eigenvalue weighted by molar-refractivity contribution is -0.139. The van der Waals surface area contributed by atoms with Crippen LogP contribution in [0.2, 0.25) is 0 Å². The van der Waals surface area contributed by atoms with Crippen LogP contribution in [0, 0.1) is 11.3 Å². The number of hydrogen-bond acceptors (Lipinski definition) is 10. The Morgan fingerprint density at radius 3 is 1.71 bits per heavy atom. The summed E-state index contributed by atoms with van der Waals surface area (Å²) in [4.78, 5) is 85.6. The third kappa shape index (κ3) is 17.4. The second-order valence-corrected chi connectivity index (χ2v) is 10.9. The van der Waals surface area contributed by atoms with Gasteiger partial charge in [0.2, 0.25) is 29.5 Å². The van der Waals surface area contributed by atoms with Crippen LogP contribution < -0.4 is 43.8 Å². The molecular formula is C26H47N9O10. The summed E-state index contributed by atoms with van der Waals surface area (Å²) in [5, 5.41) is 47.3. The van der Waals surface area contributed by atoms with Crippen molar-refractivity contribution >= 4 is 47.4 Å². The maximum Gasteiger partial charge on any atom is 0.303 e. The molecule has 0 aromatic rings. The van der Waals surface area contributed by atoms with Gasteiger partial charge < -0.3 is 59.1 Å². The largest absolute Gasteiger partial charge is 0.481 e. The molecule has 0 heterocycles. The second-order valence-electron chi connectivity index (χ2n) is 10.9. The molecule has 19 nitrogen and oxygen atoms in total. The van der Waals surface area contributed by atoms with Crippen LogP contribution in [-0.4, -0.2) is 106 Å². The summed E-state index contributed by atoms with van der Waals surface area (Å²) >= 11 is 0. The van der Waals surface area contributed by atoms with Crippen LogP contribution in [0.25, 0.3) is 0 Å². The number of amides is 5. The van der Waals surface area contributed by atoms with Gasteiger partial charge in [-0.1, -0.05) is 13.8 Å². The van der Waals surface area contributed by atoms with Crippen LogP contribution in [0.4, 0.5) is 0 Å². The Morgan fingerprint density at radius 2 is 1.22 bits per heavy atom. The number of rotatable bonds is 22. The van der Waals surface area contributed by atoms with Gasteiger partial charge in [0.1, 0.15) is 24.2 Å². The van der Waals surface area contributed by atoms with E-state index in [1.54, 1.807) is 13.8 Å². The molecule has 5 amide bonds. The maximum absolute atomic E-state index is 13.3. The molecule has 0 aliphatic carbocycles. The number of carbonyl (C=O) groups is 7. The molecule has 256 valence electrons. The number of hydrogen-bond donors (Lipinski definition) is 12. The van der Waals surface area contributed by atoms with Crippen molar-refractivity contribution in [1.82, 2.24) is 26.6 Å². The first-order valence-electron chi connectivity index (χ1n) is 14.3. The molecule has 0 radical (unpaired) electrons. The Morgan fingerprint density at radius 1 is 0.711 bits per heavy atom. The van der Waals surface area contributed by atoms with Gasteiger partial charge in [0, 0.05) is 19.4 Å². The first-order valence-corrected chi connectivity index (χ1v) is 14.3. The first kappa shape index (κ1) is 40.5. The van der Waals surface area contributed by atoms with Crippen LogP contribution in [-0.2, 0) is 33.6 Å². The standard InChI is InChI=1S/C26H47N9O10/c1-12(2)11-17(24(44)35-20(13(3)36)25(45)32-15(21(28)41)7-9-19(39)40)34-23(43)16(5-4-10-31-26(29)30)33-22(42)14(27)6-8-18(37)38/h12-17,20,36H,4-11,27H2,1-3H3,(H2,28,41)(H,32,45)(H,33,42)(H,34,43)(H,35,44)(H,37,38)(H,39,40)(H4,29,30,31)/t13-,14+,15+,16+,17+,20+/m1/s1. The summed E-state index contributed by atoms with van der Waals surface area (Å²) < 4.78 is 0. The number of aliphatic carboxylic acids is 2. The molecular weight excluding hydrogens is 598 g/mol. The van der Waals surface area contributed by atoms with Crippen LogP contribution in [0.1, 0.15) is 65.7 Å². The molecule has 0 rings (SSSR count). The second kappa shape index (κ2) is 20.4. The lowest BCUT2D eigenvalue weighted by Gasteiger charge is -2.28. The van der Waals surface area contributed by atoms with Crippen LogP contribution in [0.15, 0.2) is 0 Å². The molecule has 0 aliphatic rings. The zero-order valence-electron chi connectivity index (χ0n) is 25.6. The Balaban J connectivity index is 5.87. The highest BCUT2D eigenvalue weighted by Gasteiger charge is 2.33. The molecule has 6 atom stereocenters. The highest BCUT2D eigenvalue weighted by molar-refractivity contribution is 5.96. The average molecular weight is 646 g/mol. The number of carboxylic acid groups (broad SMARTS) is 2. The lowest BCUT2D eigenvalue weighted by atomic mass is 10.0. The van der Waals surface area contributed by atoms with E-state index in [1.807, 2.05) is 0 Å². The number of carbonyl (C=O) groups excluding carboxylic acids is 5. The van der Waals surface area contributed by atoms with Crippen LogP contribution >= 0.6 is 0 Å². The van der Waals surface area contributed by atoms with Gasteiger partial charge in [-0.05, 0) is 44.9 Å². The quantitative estimate of drug-likeness (QED) is 0.0305. The predicted octanol–water partition coefficient (Wildman–Crippen LogP) is -3.84. The number of carboxylic acids is 2. The Labute approximate surface area is 260 Å². The lowest BCUT2D eigenvalue weighted by Crippen LogP contribution is -2.61. The molecule has 45 heavy (non-hydrogen) atoms. The first-order chi connectivity index (χ1) is 20.8. The highest BCUT2D eigenvalue weighted by Crippen LogP contribution is 2.09. The molecule has 0 saturated carbocycles. The third-order valence-corrected chi connectivity index (χ3v) is 6.33. The third-order valence-electron chi connectivity index (χ3n) is 6.33. The van der Waals surface area contributed by atoms with E-state index in [-0.39, 0.29) is 56.9 Å². The predicted molar refractivity (Wildman–Crippen MR) is 159 cm³/mol. The minimum atomic E-state index is -1.63. The molecule has 0 saturated heterocycles. The van der Waals surface area contributed by atoms with E-state index in [1.165, 1.54) is 6.92 Å². The van der Waals surface area contributed by atoms with E-state index in [0.29, 0.717) is 0 Å². The van der Waals surface area contributed by atoms with Crippen molar-refractivity contribution in [2.24, 2.45) is 23.1 Å². The van der Waals surface area contributed by atoms with Gasteiger partial charge in [-0.25, -0.2) is 0 Å². The average Bonchev–Trinajstić information content (AvgIpc) is 2.92. The number of nitrogens with one attached hydrogen (secondary N) is 6. The van der Waals surface area contributed by atoms with Gasteiger partial charge in [0.25, 0.3) is 0 Å². The van der Waals surface area contributed by atoms with Crippen LogP contribution in [0.5, 0.6) is 0 Å². The Hall–Kier alpha value is -4.52. The molecule has 0 aromatic carbocycles. The maximum atomic E-state index is 13.3. The van der Waals surface area contributed by atoms with Crippen LogP contribution in [0.3, 0.4) is 0 Å². The Kier molecular flexibility index (Phi) is 18.4. The van der Waals surface area contributed by atoms with Gasteiger partial charge in [-0.3, -0.25) is 39.0 Å².